The van der Waals surface area contributed by atoms with E-state index in [9.17, 15) is 18.4 Å². The van der Waals surface area contributed by atoms with Crippen LogP contribution in [0.1, 0.15) is 18.9 Å². The maximum Gasteiger partial charge on any atom is 0.243 e. The first-order valence-corrected chi connectivity index (χ1v) is 8.00. The van der Waals surface area contributed by atoms with Crippen molar-refractivity contribution in [2.45, 2.75) is 19.8 Å². The molecule has 0 aromatic heterocycles. The molecule has 2 aromatic carbocycles. The highest BCUT2D eigenvalue weighted by Gasteiger charge is 2.14. The van der Waals surface area contributed by atoms with Gasteiger partial charge in [-0.2, -0.15) is 0 Å². The molecule has 0 aliphatic heterocycles. The Labute approximate surface area is 145 Å². The molecule has 4 nitrogen and oxygen atoms in total. The fourth-order valence-corrected chi connectivity index (χ4v) is 2.41. The van der Waals surface area contributed by atoms with Gasteiger partial charge in [-0.25, -0.2) is 8.78 Å². The van der Waals surface area contributed by atoms with Gasteiger partial charge in [-0.05, 0) is 30.5 Å². The van der Waals surface area contributed by atoms with E-state index >= 15 is 0 Å². The van der Waals surface area contributed by atoms with E-state index in [1.165, 1.54) is 17.9 Å². The number of nitrogens with zero attached hydrogens (tertiary/aromatic N) is 1. The molecule has 132 valence electrons. The Kier molecular flexibility index (Phi) is 6.62. The molecule has 0 aliphatic rings. The highest BCUT2D eigenvalue weighted by atomic mass is 19.2. The SMILES string of the molecule is CC(=O)N(CCCc1ccccc1)CC(=O)Nc1ccc(F)c(F)c1. The van der Waals surface area contributed by atoms with Crippen LogP contribution in [0, 0.1) is 11.6 Å². The van der Waals surface area contributed by atoms with E-state index in [1.54, 1.807) is 0 Å². The number of carbonyl (C=O) groups is 2. The molecule has 6 heteroatoms. The van der Waals surface area contributed by atoms with Crippen LogP contribution in [0.4, 0.5) is 14.5 Å². The number of benzene rings is 2. The second-order valence-electron chi connectivity index (χ2n) is 5.71. The number of nitrogens with one attached hydrogen (secondary N) is 1. The molecule has 25 heavy (non-hydrogen) atoms. The second-order valence-corrected chi connectivity index (χ2v) is 5.71. The maximum absolute atomic E-state index is 13.2. The highest BCUT2D eigenvalue weighted by molar-refractivity contribution is 5.94. The third-order valence-electron chi connectivity index (χ3n) is 3.72. The lowest BCUT2D eigenvalue weighted by molar-refractivity contribution is -0.132. The Bertz CT molecular complexity index is 735. The van der Waals surface area contributed by atoms with Crippen LogP contribution in [0.15, 0.2) is 48.5 Å². The number of carbonyl (C=O) groups excluding carboxylic acids is 2. The van der Waals surface area contributed by atoms with Crippen molar-refractivity contribution in [3.63, 3.8) is 0 Å². The van der Waals surface area contributed by atoms with Gasteiger partial charge in [-0.15, -0.1) is 0 Å². The molecule has 0 spiro atoms. The quantitative estimate of drug-likeness (QED) is 0.835. The lowest BCUT2D eigenvalue weighted by atomic mass is 10.1. The van der Waals surface area contributed by atoms with Crippen molar-refractivity contribution < 1.29 is 18.4 Å². The summed E-state index contributed by atoms with van der Waals surface area (Å²) >= 11 is 0. The Morgan fingerprint density at radius 2 is 1.76 bits per heavy atom. The summed E-state index contributed by atoms with van der Waals surface area (Å²) in [6.07, 6.45) is 1.53. The highest BCUT2D eigenvalue weighted by Crippen LogP contribution is 2.13. The predicted octanol–water partition coefficient (Wildman–Crippen LogP) is 3.38. The maximum atomic E-state index is 13.2. The molecule has 0 fully saturated rings. The van der Waals surface area contributed by atoms with Crippen molar-refractivity contribution in [1.82, 2.24) is 4.90 Å². The van der Waals surface area contributed by atoms with Crippen LogP contribution in [0.2, 0.25) is 0 Å². The van der Waals surface area contributed by atoms with Gasteiger partial charge in [0.1, 0.15) is 0 Å². The number of hydrogen-bond donors (Lipinski definition) is 1. The smallest absolute Gasteiger partial charge is 0.243 e. The van der Waals surface area contributed by atoms with Crippen molar-refractivity contribution in [3.05, 3.63) is 65.7 Å². The average molecular weight is 346 g/mol. The zero-order chi connectivity index (χ0) is 18.2. The number of anilines is 1. The molecule has 1 N–H and O–H groups in total. The Morgan fingerprint density at radius 3 is 2.40 bits per heavy atom. The fourth-order valence-electron chi connectivity index (χ4n) is 2.41. The van der Waals surface area contributed by atoms with Gasteiger partial charge in [0.2, 0.25) is 11.8 Å². The van der Waals surface area contributed by atoms with Gasteiger partial charge in [0.25, 0.3) is 0 Å². The lowest BCUT2D eigenvalue weighted by Gasteiger charge is -2.20. The van der Waals surface area contributed by atoms with Crippen LogP contribution < -0.4 is 5.32 Å². The van der Waals surface area contributed by atoms with E-state index in [0.29, 0.717) is 6.54 Å². The first-order chi connectivity index (χ1) is 12.0. The Balaban J connectivity index is 1.86. The molecule has 0 radical (unpaired) electrons. The summed E-state index contributed by atoms with van der Waals surface area (Å²) in [5, 5.41) is 2.46. The average Bonchev–Trinajstić information content (AvgIpc) is 2.58. The van der Waals surface area contributed by atoms with E-state index in [-0.39, 0.29) is 18.1 Å². The van der Waals surface area contributed by atoms with Gasteiger partial charge in [0.05, 0.1) is 6.54 Å². The number of amides is 2. The van der Waals surface area contributed by atoms with Gasteiger partial charge in [-0.1, -0.05) is 30.3 Å². The van der Waals surface area contributed by atoms with E-state index in [2.05, 4.69) is 5.32 Å². The van der Waals surface area contributed by atoms with Crippen molar-refractivity contribution in [2.24, 2.45) is 0 Å². The molecule has 0 heterocycles. The minimum absolute atomic E-state index is 0.136. The monoisotopic (exact) mass is 346 g/mol. The Morgan fingerprint density at radius 1 is 1.04 bits per heavy atom. The second kappa shape index (κ2) is 8.92. The summed E-state index contributed by atoms with van der Waals surface area (Å²) in [7, 11) is 0. The molecule has 2 rings (SSSR count). The van der Waals surface area contributed by atoms with Crippen LogP contribution in [0.25, 0.3) is 0 Å². The van der Waals surface area contributed by atoms with Crippen molar-refractivity contribution in [1.29, 1.82) is 0 Å². The normalized spacial score (nSPS) is 10.4. The minimum atomic E-state index is -1.04. The molecule has 0 unspecified atom stereocenters. The van der Waals surface area contributed by atoms with E-state index in [4.69, 9.17) is 0 Å². The van der Waals surface area contributed by atoms with Crippen LogP contribution in [-0.4, -0.2) is 29.8 Å². The third kappa shape index (κ3) is 5.99. The molecule has 2 aromatic rings. The van der Waals surface area contributed by atoms with Gasteiger partial charge in [-0.3, -0.25) is 9.59 Å². The molecule has 2 amide bonds. The molecule has 0 aliphatic carbocycles. The lowest BCUT2D eigenvalue weighted by Crippen LogP contribution is -2.37. The van der Waals surface area contributed by atoms with Gasteiger partial charge < -0.3 is 10.2 Å². The zero-order valence-corrected chi connectivity index (χ0v) is 14.0. The van der Waals surface area contributed by atoms with E-state index in [1.807, 2.05) is 30.3 Å². The summed E-state index contributed by atoms with van der Waals surface area (Å²) in [5.41, 5.74) is 1.31. The fraction of sp³-hybridized carbons (Fsp3) is 0.263. The molecule has 0 atom stereocenters. The molecular weight excluding hydrogens is 326 g/mol. The summed E-state index contributed by atoms with van der Waals surface area (Å²) in [4.78, 5) is 25.2. The predicted molar refractivity (Wildman–Crippen MR) is 92.0 cm³/mol. The van der Waals surface area contributed by atoms with Gasteiger partial charge in [0, 0.05) is 25.2 Å². The summed E-state index contributed by atoms with van der Waals surface area (Å²) in [5.74, 6) is -2.69. The zero-order valence-electron chi connectivity index (χ0n) is 14.0. The van der Waals surface area contributed by atoms with Crippen LogP contribution >= 0.6 is 0 Å². The summed E-state index contributed by atoms with van der Waals surface area (Å²) in [6.45, 7) is 1.70. The number of rotatable bonds is 7. The first-order valence-electron chi connectivity index (χ1n) is 8.00. The van der Waals surface area contributed by atoms with Crippen molar-refractivity contribution >= 4 is 17.5 Å². The number of halogens is 2. The minimum Gasteiger partial charge on any atom is -0.334 e. The Hall–Kier alpha value is -2.76. The standard InChI is InChI=1S/C19H20F2N2O2/c1-14(24)23(11-5-8-15-6-3-2-4-7-15)13-19(25)22-16-9-10-17(20)18(21)12-16/h2-4,6-7,9-10,12H,5,8,11,13H2,1H3,(H,22,25). The topological polar surface area (TPSA) is 49.4 Å². The van der Waals surface area contributed by atoms with Crippen molar-refractivity contribution in [2.75, 3.05) is 18.4 Å². The van der Waals surface area contributed by atoms with Crippen molar-refractivity contribution in [3.8, 4) is 0 Å². The van der Waals surface area contributed by atoms with E-state index in [0.717, 1.165) is 30.5 Å². The van der Waals surface area contributed by atoms with Crippen LogP contribution in [0.5, 0.6) is 0 Å². The third-order valence-corrected chi connectivity index (χ3v) is 3.72. The molecular formula is C19H20F2N2O2. The first kappa shape index (κ1) is 18.6. The number of aryl methyl sites for hydroxylation is 1. The molecule has 0 saturated heterocycles. The van der Waals surface area contributed by atoms with Crippen LogP contribution in [-0.2, 0) is 16.0 Å². The van der Waals surface area contributed by atoms with Crippen LogP contribution in [0.3, 0.4) is 0 Å². The number of hydrogen-bond acceptors (Lipinski definition) is 2. The summed E-state index contributed by atoms with van der Waals surface area (Å²) in [6, 6.07) is 13.0. The molecule has 0 bridgehead atoms. The van der Waals surface area contributed by atoms with E-state index < -0.39 is 17.5 Å². The van der Waals surface area contributed by atoms with Gasteiger partial charge >= 0.3 is 0 Å². The van der Waals surface area contributed by atoms with Gasteiger partial charge in [0.15, 0.2) is 11.6 Å². The summed E-state index contributed by atoms with van der Waals surface area (Å²) < 4.78 is 26.0. The largest absolute Gasteiger partial charge is 0.334 e. The molecule has 0 saturated carbocycles.